The molecule has 17 heavy (non-hydrogen) atoms. The fourth-order valence-corrected chi connectivity index (χ4v) is 2.39. The van der Waals surface area contributed by atoms with E-state index in [0.29, 0.717) is 0 Å². The molecule has 0 saturated heterocycles. The predicted octanol–water partition coefficient (Wildman–Crippen LogP) is 3.98. The van der Waals surface area contributed by atoms with E-state index in [1.54, 1.807) is 0 Å². The minimum absolute atomic E-state index is 0.892. The van der Waals surface area contributed by atoms with Gasteiger partial charge in [-0.25, -0.2) is 4.58 Å². The topological polar surface area (TPSA) is 12.2 Å². The van der Waals surface area contributed by atoms with E-state index >= 15 is 0 Å². The first-order valence-corrected chi connectivity index (χ1v) is 7.54. The molecule has 1 rings (SSSR count). The Labute approximate surface area is 107 Å². The van der Waals surface area contributed by atoms with Crippen LogP contribution in [0.3, 0.4) is 0 Å². The molecule has 0 amide bonds. The fraction of sp³-hybridized carbons (Fsp3) is 0.933. The van der Waals surface area contributed by atoms with Crippen molar-refractivity contribution in [1.29, 1.82) is 0 Å². The minimum atomic E-state index is 0.892. The number of hydrogen-bond acceptors (Lipinski definition) is 1. The van der Waals surface area contributed by atoms with Crippen molar-refractivity contribution >= 4 is 5.90 Å². The third-order valence-corrected chi connectivity index (χ3v) is 3.62. The maximum absolute atomic E-state index is 5.58. The Bertz CT molecular complexity index is 223. The summed E-state index contributed by atoms with van der Waals surface area (Å²) in [6.45, 7) is 4.25. The number of rotatable bonds is 10. The van der Waals surface area contributed by atoms with Crippen LogP contribution in [-0.2, 0) is 4.74 Å². The van der Waals surface area contributed by atoms with Crippen LogP contribution < -0.4 is 0 Å². The van der Waals surface area contributed by atoms with Gasteiger partial charge in [0.15, 0.2) is 13.2 Å². The summed E-state index contributed by atoms with van der Waals surface area (Å²) >= 11 is 0. The van der Waals surface area contributed by atoms with Crippen LogP contribution in [0.25, 0.3) is 0 Å². The van der Waals surface area contributed by atoms with Crippen molar-refractivity contribution < 1.29 is 9.31 Å². The molecule has 0 aliphatic carbocycles. The van der Waals surface area contributed by atoms with Crippen LogP contribution >= 0.6 is 0 Å². The Hall–Kier alpha value is -0.530. The van der Waals surface area contributed by atoms with Crippen molar-refractivity contribution in [3.8, 4) is 0 Å². The van der Waals surface area contributed by atoms with Crippen molar-refractivity contribution in [2.75, 3.05) is 20.2 Å². The zero-order chi connectivity index (χ0) is 12.3. The van der Waals surface area contributed by atoms with Crippen molar-refractivity contribution in [1.82, 2.24) is 0 Å². The Morgan fingerprint density at radius 2 is 1.53 bits per heavy atom. The van der Waals surface area contributed by atoms with Crippen LogP contribution in [0, 0.1) is 0 Å². The smallest absolute Gasteiger partial charge is 0.336 e. The number of ether oxygens (including phenoxy) is 1. The van der Waals surface area contributed by atoms with Crippen LogP contribution in [0.1, 0.15) is 71.1 Å². The van der Waals surface area contributed by atoms with Crippen LogP contribution in [-0.4, -0.2) is 30.7 Å². The van der Waals surface area contributed by atoms with Gasteiger partial charge in [0.25, 0.3) is 0 Å². The summed E-state index contributed by atoms with van der Waals surface area (Å²) in [5.41, 5.74) is 0. The molecule has 0 atom stereocenters. The van der Waals surface area contributed by atoms with Crippen molar-refractivity contribution in [2.45, 2.75) is 71.1 Å². The summed E-state index contributed by atoms with van der Waals surface area (Å²) in [6.07, 6.45) is 13.7. The highest BCUT2D eigenvalue weighted by Gasteiger charge is 2.18. The Morgan fingerprint density at radius 3 is 2.06 bits per heavy atom. The molecule has 0 aromatic rings. The lowest BCUT2D eigenvalue weighted by Crippen LogP contribution is -2.10. The van der Waals surface area contributed by atoms with E-state index < -0.39 is 0 Å². The predicted molar refractivity (Wildman–Crippen MR) is 73.9 cm³/mol. The number of unbranched alkanes of at least 4 members (excludes halogenated alkanes) is 8. The third-order valence-electron chi connectivity index (χ3n) is 3.62. The van der Waals surface area contributed by atoms with E-state index in [1.165, 1.54) is 63.7 Å². The van der Waals surface area contributed by atoms with E-state index in [9.17, 15) is 0 Å². The highest BCUT2D eigenvalue weighted by Crippen LogP contribution is 2.11. The molecule has 100 valence electrons. The molecule has 0 radical (unpaired) electrons. The summed E-state index contributed by atoms with van der Waals surface area (Å²) in [5, 5.41) is 0. The summed E-state index contributed by atoms with van der Waals surface area (Å²) < 4.78 is 7.83. The molecule has 0 bridgehead atoms. The van der Waals surface area contributed by atoms with Gasteiger partial charge < -0.3 is 4.74 Å². The van der Waals surface area contributed by atoms with Gasteiger partial charge in [-0.05, 0) is 6.42 Å². The average molecular weight is 240 g/mol. The van der Waals surface area contributed by atoms with Gasteiger partial charge in [-0.3, -0.25) is 0 Å². The lowest BCUT2D eigenvalue weighted by Gasteiger charge is -2.01. The zero-order valence-corrected chi connectivity index (χ0v) is 11.8. The molecule has 0 N–H and O–H groups in total. The lowest BCUT2D eigenvalue weighted by atomic mass is 10.1. The second-order valence-corrected chi connectivity index (χ2v) is 5.24. The van der Waals surface area contributed by atoms with E-state index in [4.69, 9.17) is 4.74 Å². The average Bonchev–Trinajstić information content (AvgIpc) is 2.73. The van der Waals surface area contributed by atoms with Gasteiger partial charge in [-0.1, -0.05) is 58.3 Å². The maximum Gasteiger partial charge on any atom is 0.336 e. The quantitative estimate of drug-likeness (QED) is 0.415. The highest BCUT2D eigenvalue weighted by molar-refractivity contribution is 5.71. The zero-order valence-electron chi connectivity index (χ0n) is 11.8. The van der Waals surface area contributed by atoms with Crippen molar-refractivity contribution in [2.24, 2.45) is 0 Å². The van der Waals surface area contributed by atoms with Gasteiger partial charge in [0.05, 0.1) is 6.42 Å². The molecule has 0 aromatic carbocycles. The Morgan fingerprint density at radius 1 is 0.941 bits per heavy atom. The molecule has 2 heteroatoms. The van der Waals surface area contributed by atoms with E-state index in [2.05, 4.69) is 18.5 Å². The first-order valence-electron chi connectivity index (χ1n) is 7.54. The van der Waals surface area contributed by atoms with Crippen LogP contribution in [0.15, 0.2) is 0 Å². The molecule has 0 saturated carbocycles. The SMILES string of the molecule is CCCCCCCCCCCC1=[N+](C)CCO1. The van der Waals surface area contributed by atoms with Gasteiger partial charge in [0.1, 0.15) is 7.05 Å². The standard InChI is InChI=1S/C15H30NO/c1-3-4-5-6-7-8-9-10-11-12-15-16(2)13-14-17-15/h3-14H2,1-2H3/q+1. The molecule has 1 aliphatic heterocycles. The Kier molecular flexibility index (Phi) is 8.12. The molecular weight excluding hydrogens is 210 g/mol. The van der Waals surface area contributed by atoms with E-state index in [1.807, 2.05) is 0 Å². The summed E-state index contributed by atoms with van der Waals surface area (Å²) in [5.74, 6) is 1.22. The highest BCUT2D eigenvalue weighted by atomic mass is 16.5. The summed E-state index contributed by atoms with van der Waals surface area (Å²) in [6, 6.07) is 0. The monoisotopic (exact) mass is 240 g/mol. The van der Waals surface area contributed by atoms with Crippen LogP contribution in [0.5, 0.6) is 0 Å². The fourth-order valence-electron chi connectivity index (χ4n) is 2.39. The van der Waals surface area contributed by atoms with Gasteiger partial charge in [-0.15, -0.1) is 0 Å². The molecule has 0 aromatic heterocycles. The number of nitrogens with zero attached hydrogens (tertiary/aromatic N) is 1. The second-order valence-electron chi connectivity index (χ2n) is 5.24. The minimum Gasteiger partial charge on any atom is -0.441 e. The van der Waals surface area contributed by atoms with Gasteiger partial charge >= 0.3 is 5.90 Å². The first kappa shape index (κ1) is 14.5. The molecule has 1 aliphatic rings. The number of hydrogen-bond donors (Lipinski definition) is 0. The van der Waals surface area contributed by atoms with Crippen LogP contribution in [0.2, 0.25) is 0 Å². The van der Waals surface area contributed by atoms with Gasteiger partial charge in [0, 0.05) is 0 Å². The third kappa shape index (κ3) is 6.70. The lowest BCUT2D eigenvalue weighted by molar-refractivity contribution is -0.488. The maximum atomic E-state index is 5.58. The van der Waals surface area contributed by atoms with E-state index in [-0.39, 0.29) is 0 Å². The molecular formula is C15H30NO+. The van der Waals surface area contributed by atoms with Crippen molar-refractivity contribution in [3.05, 3.63) is 0 Å². The summed E-state index contributed by atoms with van der Waals surface area (Å²) in [4.78, 5) is 0. The first-order chi connectivity index (χ1) is 8.34. The van der Waals surface area contributed by atoms with Crippen molar-refractivity contribution in [3.63, 3.8) is 0 Å². The van der Waals surface area contributed by atoms with Gasteiger partial charge in [-0.2, -0.15) is 0 Å². The molecule has 2 nitrogen and oxygen atoms in total. The van der Waals surface area contributed by atoms with Gasteiger partial charge in [0.2, 0.25) is 0 Å². The molecule has 0 fully saturated rings. The number of likely N-dealkylation sites (N-methyl/N-ethyl adjacent to an activating group) is 1. The van der Waals surface area contributed by atoms with Crippen LogP contribution in [0.4, 0.5) is 0 Å². The normalized spacial score (nSPS) is 15.4. The molecule has 0 unspecified atom stereocenters. The molecule has 0 spiro atoms. The van der Waals surface area contributed by atoms with E-state index in [0.717, 1.165) is 19.6 Å². The second kappa shape index (κ2) is 9.49. The summed E-state index contributed by atoms with van der Waals surface area (Å²) in [7, 11) is 2.13. The largest absolute Gasteiger partial charge is 0.441 e. The Balaban J connectivity index is 1.83. The molecule has 1 heterocycles.